The minimum Gasteiger partial charge on any atom is -0.316 e. The Bertz CT molecular complexity index is 270. The first-order chi connectivity index (χ1) is 8.45. The van der Waals surface area contributed by atoms with Crippen LogP contribution in [-0.2, 0) is 0 Å². The minimum absolute atomic E-state index is 0.460. The Morgan fingerprint density at radius 3 is 2.50 bits per heavy atom. The molecule has 106 valence electrons. The molecule has 2 rings (SSSR count). The van der Waals surface area contributed by atoms with Crippen LogP contribution in [0.2, 0.25) is 0 Å². The van der Waals surface area contributed by atoms with Crippen molar-refractivity contribution >= 4 is 0 Å². The predicted molar refractivity (Wildman–Crippen MR) is 78.8 cm³/mol. The molecule has 0 aromatic carbocycles. The van der Waals surface area contributed by atoms with Crippen LogP contribution in [-0.4, -0.2) is 37.6 Å². The molecule has 2 fully saturated rings. The fraction of sp³-hybridized carbons (Fsp3) is 1.00. The lowest BCUT2D eigenvalue weighted by Gasteiger charge is -2.45. The first kappa shape index (κ1) is 14.3. The molecule has 0 heterocycles. The zero-order chi connectivity index (χ0) is 13.3. The van der Waals surface area contributed by atoms with Crippen molar-refractivity contribution in [2.75, 3.05) is 20.6 Å². The van der Waals surface area contributed by atoms with Gasteiger partial charge in [0.15, 0.2) is 0 Å². The van der Waals surface area contributed by atoms with Crippen molar-refractivity contribution in [2.24, 2.45) is 17.3 Å². The molecule has 2 heteroatoms. The third kappa shape index (κ3) is 3.08. The van der Waals surface area contributed by atoms with Crippen LogP contribution >= 0.6 is 0 Å². The summed E-state index contributed by atoms with van der Waals surface area (Å²) in [5, 5.41) is 3.61. The molecule has 0 bridgehead atoms. The van der Waals surface area contributed by atoms with Crippen LogP contribution in [0, 0.1) is 17.3 Å². The Labute approximate surface area is 114 Å². The third-order valence-corrected chi connectivity index (χ3v) is 5.54. The molecular weight excluding hydrogens is 220 g/mol. The van der Waals surface area contributed by atoms with Crippen molar-refractivity contribution in [3.63, 3.8) is 0 Å². The molecule has 1 N–H and O–H groups in total. The average molecular weight is 252 g/mol. The zero-order valence-corrected chi connectivity index (χ0v) is 13.0. The highest BCUT2D eigenvalue weighted by atomic mass is 15.1. The molecule has 0 aromatic rings. The van der Waals surface area contributed by atoms with Gasteiger partial charge < -0.3 is 10.2 Å². The maximum atomic E-state index is 3.61. The van der Waals surface area contributed by atoms with Gasteiger partial charge in [-0.25, -0.2) is 0 Å². The predicted octanol–water partition coefficient (Wildman–Crippen LogP) is 3.13. The van der Waals surface area contributed by atoms with E-state index in [1.165, 1.54) is 38.6 Å². The summed E-state index contributed by atoms with van der Waals surface area (Å²) in [6, 6.07) is 1.47. The van der Waals surface area contributed by atoms with Gasteiger partial charge in [0.05, 0.1) is 0 Å². The fourth-order valence-corrected chi connectivity index (χ4v) is 4.08. The Morgan fingerprint density at radius 1 is 1.28 bits per heavy atom. The van der Waals surface area contributed by atoms with Gasteiger partial charge in [0.1, 0.15) is 0 Å². The molecule has 0 aromatic heterocycles. The molecule has 0 aliphatic heterocycles. The number of rotatable bonds is 5. The van der Waals surface area contributed by atoms with Crippen molar-refractivity contribution in [3.05, 3.63) is 0 Å². The highest BCUT2D eigenvalue weighted by Gasteiger charge is 2.39. The van der Waals surface area contributed by atoms with E-state index in [0.29, 0.717) is 11.5 Å². The number of nitrogens with zero attached hydrogens (tertiary/aromatic N) is 1. The molecule has 2 nitrogen and oxygen atoms in total. The van der Waals surface area contributed by atoms with E-state index in [1.54, 1.807) is 0 Å². The van der Waals surface area contributed by atoms with Crippen molar-refractivity contribution in [2.45, 2.75) is 65.0 Å². The number of hydrogen-bond acceptors (Lipinski definition) is 2. The summed E-state index contributed by atoms with van der Waals surface area (Å²) in [6.07, 6.45) is 7.09. The standard InChI is InChI=1S/C16H32N2/c1-12(13-8-9-13)18(5)11-14-7-6-10-16(2,3)15(14)17-4/h12-15,17H,6-11H2,1-5H3. The van der Waals surface area contributed by atoms with Gasteiger partial charge >= 0.3 is 0 Å². The number of hydrogen-bond donors (Lipinski definition) is 1. The van der Waals surface area contributed by atoms with E-state index in [4.69, 9.17) is 0 Å². The van der Waals surface area contributed by atoms with E-state index in [9.17, 15) is 0 Å². The molecule has 3 atom stereocenters. The van der Waals surface area contributed by atoms with Crippen LogP contribution in [0.25, 0.3) is 0 Å². The Morgan fingerprint density at radius 2 is 1.94 bits per heavy atom. The second-order valence-electron chi connectivity index (χ2n) is 7.42. The van der Waals surface area contributed by atoms with Gasteiger partial charge in [-0.05, 0) is 64.0 Å². The first-order valence-electron chi connectivity index (χ1n) is 7.83. The molecule has 0 saturated heterocycles. The van der Waals surface area contributed by atoms with Crippen LogP contribution in [0.4, 0.5) is 0 Å². The smallest absolute Gasteiger partial charge is 0.0156 e. The second-order valence-corrected chi connectivity index (χ2v) is 7.42. The molecule has 3 unspecified atom stereocenters. The van der Waals surface area contributed by atoms with E-state index >= 15 is 0 Å². The van der Waals surface area contributed by atoms with Crippen LogP contribution in [0.15, 0.2) is 0 Å². The molecule has 2 aliphatic rings. The summed E-state index contributed by atoms with van der Waals surface area (Å²) >= 11 is 0. The van der Waals surface area contributed by atoms with Crippen molar-refractivity contribution in [1.82, 2.24) is 10.2 Å². The summed E-state index contributed by atoms with van der Waals surface area (Å²) < 4.78 is 0. The molecule has 2 saturated carbocycles. The Hall–Kier alpha value is -0.0800. The quantitative estimate of drug-likeness (QED) is 0.809. The zero-order valence-electron chi connectivity index (χ0n) is 13.0. The largest absolute Gasteiger partial charge is 0.316 e. The summed E-state index contributed by atoms with van der Waals surface area (Å²) in [4.78, 5) is 2.62. The highest BCUT2D eigenvalue weighted by Crippen LogP contribution is 2.40. The molecule has 0 spiro atoms. The van der Waals surface area contributed by atoms with E-state index in [2.05, 4.69) is 45.1 Å². The summed E-state index contributed by atoms with van der Waals surface area (Å²) in [6.45, 7) is 8.56. The van der Waals surface area contributed by atoms with Crippen molar-refractivity contribution in [3.8, 4) is 0 Å². The Balaban J connectivity index is 1.93. The lowest BCUT2D eigenvalue weighted by atomic mass is 9.68. The molecule has 2 aliphatic carbocycles. The maximum absolute atomic E-state index is 3.61. The van der Waals surface area contributed by atoms with Crippen molar-refractivity contribution in [1.29, 1.82) is 0 Å². The van der Waals surface area contributed by atoms with Gasteiger partial charge in [-0.1, -0.05) is 20.3 Å². The minimum atomic E-state index is 0.460. The average Bonchev–Trinajstić information content (AvgIpc) is 3.11. The topological polar surface area (TPSA) is 15.3 Å². The van der Waals surface area contributed by atoms with Crippen LogP contribution in [0.1, 0.15) is 52.9 Å². The normalized spacial score (nSPS) is 33.7. The highest BCUT2D eigenvalue weighted by molar-refractivity contribution is 4.94. The summed E-state index contributed by atoms with van der Waals surface area (Å²) in [5.41, 5.74) is 0.460. The lowest BCUT2D eigenvalue weighted by Crippen LogP contribution is -2.52. The summed E-state index contributed by atoms with van der Waals surface area (Å²) in [5.74, 6) is 1.81. The third-order valence-electron chi connectivity index (χ3n) is 5.54. The van der Waals surface area contributed by atoms with Crippen LogP contribution in [0.5, 0.6) is 0 Å². The monoisotopic (exact) mass is 252 g/mol. The second kappa shape index (κ2) is 5.50. The maximum Gasteiger partial charge on any atom is 0.0156 e. The van der Waals surface area contributed by atoms with E-state index in [0.717, 1.165) is 17.9 Å². The Kier molecular flexibility index (Phi) is 4.38. The molecule has 18 heavy (non-hydrogen) atoms. The molecule has 0 amide bonds. The first-order valence-corrected chi connectivity index (χ1v) is 7.83. The van der Waals surface area contributed by atoms with Gasteiger partial charge in [-0.3, -0.25) is 0 Å². The van der Waals surface area contributed by atoms with Crippen molar-refractivity contribution < 1.29 is 0 Å². The van der Waals surface area contributed by atoms with E-state index in [1.807, 2.05) is 0 Å². The lowest BCUT2D eigenvalue weighted by molar-refractivity contribution is 0.0779. The van der Waals surface area contributed by atoms with Gasteiger partial charge in [-0.15, -0.1) is 0 Å². The number of nitrogens with one attached hydrogen (secondary N) is 1. The molecule has 0 radical (unpaired) electrons. The van der Waals surface area contributed by atoms with Crippen LogP contribution in [0.3, 0.4) is 0 Å². The molecular formula is C16H32N2. The van der Waals surface area contributed by atoms with Gasteiger partial charge in [0.2, 0.25) is 0 Å². The SMILES string of the molecule is CNC1C(CN(C)C(C)C2CC2)CCCC1(C)C. The van der Waals surface area contributed by atoms with Gasteiger partial charge in [0, 0.05) is 18.6 Å². The van der Waals surface area contributed by atoms with Gasteiger partial charge in [0.25, 0.3) is 0 Å². The van der Waals surface area contributed by atoms with Gasteiger partial charge in [-0.2, -0.15) is 0 Å². The van der Waals surface area contributed by atoms with Crippen LogP contribution < -0.4 is 5.32 Å². The van der Waals surface area contributed by atoms with E-state index < -0.39 is 0 Å². The summed E-state index contributed by atoms with van der Waals surface area (Å²) in [7, 11) is 4.48. The fourth-order valence-electron chi connectivity index (χ4n) is 4.08. The van der Waals surface area contributed by atoms with E-state index in [-0.39, 0.29) is 0 Å².